The van der Waals surface area contributed by atoms with E-state index in [1.165, 1.54) is 0 Å². The lowest BCUT2D eigenvalue weighted by atomic mass is 10.2. The SMILES string of the molecule is CC(C)(C)Oc1ccnc(N)n1. The topological polar surface area (TPSA) is 61.0 Å². The largest absolute Gasteiger partial charge is 0.472 e. The molecular formula is C8H13N3O. The van der Waals surface area contributed by atoms with Crippen LogP contribution in [0.3, 0.4) is 0 Å². The van der Waals surface area contributed by atoms with Gasteiger partial charge in [0.05, 0.1) is 0 Å². The van der Waals surface area contributed by atoms with E-state index < -0.39 is 0 Å². The second kappa shape index (κ2) is 2.97. The quantitative estimate of drug-likeness (QED) is 0.683. The molecule has 0 aliphatic heterocycles. The lowest BCUT2D eigenvalue weighted by Gasteiger charge is -2.19. The molecule has 1 aromatic heterocycles. The van der Waals surface area contributed by atoms with Crippen LogP contribution in [0.1, 0.15) is 20.8 Å². The summed E-state index contributed by atoms with van der Waals surface area (Å²) in [6.07, 6.45) is 1.57. The molecule has 0 atom stereocenters. The van der Waals surface area contributed by atoms with Gasteiger partial charge < -0.3 is 10.5 Å². The summed E-state index contributed by atoms with van der Waals surface area (Å²) in [6.45, 7) is 5.85. The lowest BCUT2D eigenvalue weighted by Crippen LogP contribution is -2.23. The summed E-state index contributed by atoms with van der Waals surface area (Å²) in [7, 11) is 0. The predicted molar refractivity (Wildman–Crippen MR) is 46.8 cm³/mol. The minimum Gasteiger partial charge on any atom is -0.472 e. The van der Waals surface area contributed by atoms with Crippen molar-refractivity contribution in [1.29, 1.82) is 0 Å². The van der Waals surface area contributed by atoms with Crippen LogP contribution in [0.25, 0.3) is 0 Å². The lowest BCUT2D eigenvalue weighted by molar-refractivity contribution is 0.124. The van der Waals surface area contributed by atoms with Gasteiger partial charge in [0.2, 0.25) is 11.8 Å². The van der Waals surface area contributed by atoms with Gasteiger partial charge >= 0.3 is 0 Å². The molecule has 1 aromatic rings. The summed E-state index contributed by atoms with van der Waals surface area (Å²) in [4.78, 5) is 7.66. The van der Waals surface area contributed by atoms with Crippen LogP contribution < -0.4 is 10.5 Å². The van der Waals surface area contributed by atoms with E-state index in [2.05, 4.69) is 9.97 Å². The van der Waals surface area contributed by atoms with Crippen molar-refractivity contribution in [3.63, 3.8) is 0 Å². The first-order valence-corrected chi connectivity index (χ1v) is 3.75. The normalized spacial score (nSPS) is 11.2. The Hall–Kier alpha value is -1.32. The van der Waals surface area contributed by atoms with Gasteiger partial charge in [-0.05, 0) is 20.8 Å². The number of nitrogen functional groups attached to an aromatic ring is 1. The number of nitrogens with two attached hydrogens (primary N) is 1. The molecule has 0 bridgehead atoms. The minimum atomic E-state index is -0.249. The van der Waals surface area contributed by atoms with E-state index in [1.54, 1.807) is 12.3 Å². The molecule has 0 amide bonds. The van der Waals surface area contributed by atoms with Crippen molar-refractivity contribution in [2.45, 2.75) is 26.4 Å². The third-order valence-corrected chi connectivity index (χ3v) is 1.06. The molecule has 0 aliphatic rings. The summed E-state index contributed by atoms with van der Waals surface area (Å²) in [6, 6.07) is 1.68. The Morgan fingerprint density at radius 1 is 1.42 bits per heavy atom. The first-order valence-electron chi connectivity index (χ1n) is 3.75. The molecule has 0 radical (unpaired) electrons. The van der Waals surface area contributed by atoms with Crippen molar-refractivity contribution in [2.75, 3.05) is 5.73 Å². The fraction of sp³-hybridized carbons (Fsp3) is 0.500. The zero-order chi connectivity index (χ0) is 9.19. The fourth-order valence-electron chi connectivity index (χ4n) is 0.727. The summed E-state index contributed by atoms with van der Waals surface area (Å²) in [5, 5.41) is 0. The molecule has 2 N–H and O–H groups in total. The molecule has 1 rings (SSSR count). The Bertz CT molecular complexity index is 267. The molecule has 12 heavy (non-hydrogen) atoms. The number of hydrogen-bond acceptors (Lipinski definition) is 4. The van der Waals surface area contributed by atoms with Crippen LogP contribution in [-0.2, 0) is 0 Å². The number of rotatable bonds is 1. The highest BCUT2D eigenvalue weighted by Gasteiger charge is 2.12. The van der Waals surface area contributed by atoms with Gasteiger partial charge in [0.25, 0.3) is 0 Å². The molecule has 0 aromatic carbocycles. The third-order valence-electron chi connectivity index (χ3n) is 1.06. The molecule has 66 valence electrons. The molecule has 1 heterocycles. The van der Waals surface area contributed by atoms with Crippen molar-refractivity contribution in [3.05, 3.63) is 12.3 Å². The Labute approximate surface area is 71.8 Å². The third kappa shape index (κ3) is 2.74. The van der Waals surface area contributed by atoms with E-state index in [9.17, 15) is 0 Å². The van der Waals surface area contributed by atoms with E-state index in [4.69, 9.17) is 10.5 Å². The standard InChI is InChI=1S/C8H13N3O/c1-8(2,3)12-6-4-5-10-7(9)11-6/h4-5H,1-3H3,(H2,9,10,11). The van der Waals surface area contributed by atoms with Crippen LogP contribution in [-0.4, -0.2) is 15.6 Å². The van der Waals surface area contributed by atoms with Gasteiger partial charge in [-0.3, -0.25) is 0 Å². The van der Waals surface area contributed by atoms with Gasteiger partial charge in [0.15, 0.2) is 0 Å². The van der Waals surface area contributed by atoms with E-state index in [-0.39, 0.29) is 11.5 Å². The zero-order valence-electron chi connectivity index (χ0n) is 7.53. The van der Waals surface area contributed by atoms with E-state index in [0.29, 0.717) is 5.88 Å². The number of hydrogen-bond donors (Lipinski definition) is 1. The summed E-state index contributed by atoms with van der Waals surface area (Å²) in [5.74, 6) is 0.742. The molecule has 0 aliphatic carbocycles. The Morgan fingerprint density at radius 2 is 2.08 bits per heavy atom. The van der Waals surface area contributed by atoms with Crippen LogP contribution in [0.15, 0.2) is 12.3 Å². The molecule has 4 nitrogen and oxygen atoms in total. The Balaban J connectivity index is 2.77. The van der Waals surface area contributed by atoms with Crippen molar-refractivity contribution >= 4 is 5.95 Å². The molecule has 4 heteroatoms. The van der Waals surface area contributed by atoms with Crippen molar-refractivity contribution in [1.82, 2.24) is 9.97 Å². The van der Waals surface area contributed by atoms with Crippen LogP contribution >= 0.6 is 0 Å². The predicted octanol–water partition coefficient (Wildman–Crippen LogP) is 1.24. The highest BCUT2D eigenvalue weighted by atomic mass is 16.5. The van der Waals surface area contributed by atoms with Crippen molar-refractivity contribution < 1.29 is 4.74 Å². The van der Waals surface area contributed by atoms with Crippen molar-refractivity contribution in [2.24, 2.45) is 0 Å². The van der Waals surface area contributed by atoms with Gasteiger partial charge in [0.1, 0.15) is 5.60 Å². The Morgan fingerprint density at radius 3 is 2.58 bits per heavy atom. The van der Waals surface area contributed by atoms with Gasteiger partial charge in [0, 0.05) is 12.3 Å². The molecule has 0 fully saturated rings. The van der Waals surface area contributed by atoms with Crippen LogP contribution in [0.4, 0.5) is 5.95 Å². The minimum absolute atomic E-state index is 0.233. The maximum Gasteiger partial charge on any atom is 0.223 e. The van der Waals surface area contributed by atoms with E-state index in [1.807, 2.05) is 20.8 Å². The van der Waals surface area contributed by atoms with Gasteiger partial charge in [-0.2, -0.15) is 4.98 Å². The highest BCUT2D eigenvalue weighted by molar-refractivity contribution is 5.21. The Kier molecular flexibility index (Phi) is 2.17. The average Bonchev–Trinajstić information content (AvgIpc) is 1.82. The second-order valence-electron chi connectivity index (χ2n) is 3.47. The van der Waals surface area contributed by atoms with Gasteiger partial charge in [-0.25, -0.2) is 4.98 Å². The zero-order valence-corrected chi connectivity index (χ0v) is 7.53. The smallest absolute Gasteiger partial charge is 0.223 e. The summed E-state index contributed by atoms with van der Waals surface area (Å²) < 4.78 is 5.45. The number of nitrogens with zero attached hydrogens (tertiary/aromatic N) is 2. The molecule has 0 saturated carbocycles. The van der Waals surface area contributed by atoms with E-state index >= 15 is 0 Å². The van der Waals surface area contributed by atoms with Crippen LogP contribution in [0, 0.1) is 0 Å². The second-order valence-corrected chi connectivity index (χ2v) is 3.47. The molecular weight excluding hydrogens is 154 g/mol. The monoisotopic (exact) mass is 167 g/mol. The van der Waals surface area contributed by atoms with E-state index in [0.717, 1.165) is 0 Å². The van der Waals surface area contributed by atoms with Crippen molar-refractivity contribution in [3.8, 4) is 5.88 Å². The number of anilines is 1. The van der Waals surface area contributed by atoms with Crippen LogP contribution in [0.5, 0.6) is 5.88 Å². The average molecular weight is 167 g/mol. The molecule has 0 spiro atoms. The first kappa shape index (κ1) is 8.77. The first-order chi connectivity index (χ1) is 5.47. The van der Waals surface area contributed by atoms with Gasteiger partial charge in [-0.1, -0.05) is 0 Å². The number of aromatic nitrogens is 2. The van der Waals surface area contributed by atoms with Gasteiger partial charge in [-0.15, -0.1) is 0 Å². The summed E-state index contributed by atoms with van der Waals surface area (Å²) >= 11 is 0. The molecule has 0 unspecified atom stereocenters. The van der Waals surface area contributed by atoms with Crippen LogP contribution in [0.2, 0.25) is 0 Å². The maximum absolute atomic E-state index is 5.45. The molecule has 0 saturated heterocycles. The summed E-state index contributed by atoms with van der Waals surface area (Å²) in [5.41, 5.74) is 5.13. The fourth-order valence-corrected chi connectivity index (χ4v) is 0.727. The number of ether oxygens (including phenoxy) is 1. The highest BCUT2D eigenvalue weighted by Crippen LogP contribution is 2.14. The maximum atomic E-state index is 5.45.